The molecule has 2 aromatic rings. The number of benzene rings is 2. The molecule has 0 aromatic heterocycles. The average molecular weight is 430 g/mol. The van der Waals surface area contributed by atoms with Gasteiger partial charge in [-0.25, -0.2) is 0 Å². The van der Waals surface area contributed by atoms with Crippen LogP contribution in [0.3, 0.4) is 0 Å². The maximum atomic E-state index is 12.4. The van der Waals surface area contributed by atoms with E-state index in [9.17, 15) is 4.79 Å². The molecule has 0 radical (unpaired) electrons. The molecule has 0 unspecified atom stereocenters. The Morgan fingerprint density at radius 1 is 1.12 bits per heavy atom. The number of hydrogen-bond donors (Lipinski definition) is 2. The van der Waals surface area contributed by atoms with E-state index in [1.54, 1.807) is 11.8 Å². The molecule has 0 spiro atoms. The maximum Gasteiger partial charge on any atom is 0.236 e. The highest BCUT2D eigenvalue weighted by atomic mass is 79.9. The van der Waals surface area contributed by atoms with Gasteiger partial charge >= 0.3 is 0 Å². The third kappa shape index (κ3) is 6.38. The molecule has 24 heavy (non-hydrogen) atoms. The molecule has 0 aliphatic carbocycles. The lowest BCUT2D eigenvalue weighted by molar-refractivity contribution is -0.122. The van der Waals surface area contributed by atoms with Crippen molar-refractivity contribution < 1.29 is 4.79 Å². The minimum Gasteiger partial charge on any atom is -0.399 e. The zero-order valence-corrected chi connectivity index (χ0v) is 16.9. The van der Waals surface area contributed by atoms with Crippen LogP contribution in [0.25, 0.3) is 0 Å². The maximum absolute atomic E-state index is 12.4. The summed E-state index contributed by atoms with van der Waals surface area (Å²) in [7, 11) is 0. The third-order valence-electron chi connectivity index (χ3n) is 3.41. The highest BCUT2D eigenvalue weighted by molar-refractivity contribution is 9.10. The van der Waals surface area contributed by atoms with Crippen molar-refractivity contribution in [3.05, 3.63) is 58.6 Å². The number of thioether (sulfide) groups is 1. The number of anilines is 1. The number of nitrogens with one attached hydrogen (secondary N) is 1. The fraction of sp³-hybridized carbons (Fsp3) is 0.278. The van der Waals surface area contributed by atoms with Gasteiger partial charge in [-0.2, -0.15) is 0 Å². The predicted molar refractivity (Wildman–Crippen MR) is 109 cm³/mol. The van der Waals surface area contributed by atoms with Gasteiger partial charge in [0, 0.05) is 21.6 Å². The van der Waals surface area contributed by atoms with Crippen LogP contribution in [0, 0.1) is 0 Å². The minimum atomic E-state index is -0.519. The van der Waals surface area contributed by atoms with Crippen molar-refractivity contribution in [3.8, 4) is 0 Å². The van der Waals surface area contributed by atoms with E-state index in [4.69, 9.17) is 5.73 Å². The molecule has 0 saturated carbocycles. The molecule has 130 valence electrons. The zero-order valence-electron chi connectivity index (χ0n) is 13.7. The van der Waals surface area contributed by atoms with Crippen molar-refractivity contribution in [2.45, 2.75) is 29.9 Å². The normalized spacial score (nSPS) is 10.8. The third-order valence-corrected chi connectivity index (χ3v) is 5.14. The van der Waals surface area contributed by atoms with Crippen LogP contribution in [-0.4, -0.2) is 17.2 Å². The second-order valence-corrected chi connectivity index (χ2v) is 8.43. The van der Waals surface area contributed by atoms with Crippen LogP contribution in [0.15, 0.2) is 57.9 Å². The second kappa shape index (κ2) is 9.35. The Bertz CT molecular complexity index is 660. The Labute approximate surface area is 162 Å². The first-order chi connectivity index (χ1) is 10.9. The Morgan fingerprint density at radius 3 is 2.29 bits per heavy atom. The van der Waals surface area contributed by atoms with Gasteiger partial charge in [-0.3, -0.25) is 4.79 Å². The molecule has 2 rings (SSSR count). The summed E-state index contributed by atoms with van der Waals surface area (Å²) in [5.74, 6) is 0.0425. The quantitative estimate of drug-likeness (QED) is 0.517. The number of carbonyl (C=O) groups excluding carboxylic acids is 1. The van der Waals surface area contributed by atoms with E-state index in [1.807, 2.05) is 62.4 Å². The number of rotatable bonds is 6. The van der Waals surface area contributed by atoms with Crippen LogP contribution in [0.5, 0.6) is 0 Å². The van der Waals surface area contributed by atoms with Crippen LogP contribution in [-0.2, 0) is 11.2 Å². The molecular weight excluding hydrogens is 408 g/mol. The smallest absolute Gasteiger partial charge is 0.236 e. The Morgan fingerprint density at radius 2 is 1.71 bits per heavy atom. The molecule has 1 amide bonds. The number of nitrogens with two attached hydrogens (primary N) is 1. The van der Waals surface area contributed by atoms with Gasteiger partial charge in [0.25, 0.3) is 0 Å². The highest BCUT2D eigenvalue weighted by Gasteiger charge is 2.28. The molecule has 0 bridgehead atoms. The number of nitrogen functional groups attached to an aromatic ring is 1. The van der Waals surface area contributed by atoms with Gasteiger partial charge in [-0.05, 0) is 62.2 Å². The van der Waals surface area contributed by atoms with Crippen molar-refractivity contribution in [3.63, 3.8) is 0 Å². The van der Waals surface area contributed by atoms with Gasteiger partial charge in [0.2, 0.25) is 5.91 Å². The van der Waals surface area contributed by atoms with Gasteiger partial charge in [0.1, 0.15) is 0 Å². The highest BCUT2D eigenvalue weighted by Crippen LogP contribution is 2.33. The average Bonchev–Trinajstić information content (AvgIpc) is 2.51. The Balaban J connectivity index is 0.00000288. The van der Waals surface area contributed by atoms with Crippen molar-refractivity contribution in [1.82, 2.24) is 5.32 Å². The van der Waals surface area contributed by atoms with Gasteiger partial charge in [0.05, 0.1) is 4.75 Å². The zero-order chi connectivity index (χ0) is 16.9. The molecule has 3 N–H and O–H groups in total. The monoisotopic (exact) mass is 428 g/mol. The Hall–Kier alpha value is -1.17. The summed E-state index contributed by atoms with van der Waals surface area (Å²) in [5, 5.41) is 3.02. The topological polar surface area (TPSA) is 55.1 Å². The Kier molecular flexibility index (Phi) is 8.13. The van der Waals surface area contributed by atoms with Crippen LogP contribution >= 0.6 is 40.1 Å². The van der Waals surface area contributed by atoms with Crippen molar-refractivity contribution in [1.29, 1.82) is 0 Å². The molecule has 0 fully saturated rings. The van der Waals surface area contributed by atoms with Crippen molar-refractivity contribution in [2.24, 2.45) is 0 Å². The summed E-state index contributed by atoms with van der Waals surface area (Å²) in [6, 6.07) is 15.7. The predicted octanol–water partition coefficient (Wildman–Crippen LogP) is 4.68. The number of amides is 1. The first-order valence-corrected chi connectivity index (χ1v) is 9.05. The number of carbonyl (C=O) groups is 1. The molecule has 0 heterocycles. The molecule has 3 nitrogen and oxygen atoms in total. The lowest BCUT2D eigenvalue weighted by Crippen LogP contribution is -2.40. The minimum absolute atomic E-state index is 0. The molecule has 0 saturated heterocycles. The molecule has 2 aromatic carbocycles. The number of hydrogen-bond acceptors (Lipinski definition) is 3. The SMILES string of the molecule is CC(C)(Sc1ccc(Br)cc1)C(=O)NCCc1ccc(N)cc1.Cl. The summed E-state index contributed by atoms with van der Waals surface area (Å²) in [6.07, 6.45) is 0.797. The molecule has 6 heteroatoms. The first-order valence-electron chi connectivity index (χ1n) is 7.44. The standard InChI is InChI=1S/C18H21BrN2OS.ClH/c1-18(2,23-16-9-5-14(19)6-10-16)17(22)21-12-11-13-3-7-15(20)8-4-13;/h3-10H,11-12,20H2,1-2H3,(H,21,22);1H. The fourth-order valence-electron chi connectivity index (χ4n) is 2.06. The summed E-state index contributed by atoms with van der Waals surface area (Å²) in [6.45, 7) is 4.50. The van der Waals surface area contributed by atoms with E-state index in [0.29, 0.717) is 6.54 Å². The number of halogens is 2. The van der Waals surface area contributed by atoms with E-state index < -0.39 is 4.75 Å². The van der Waals surface area contributed by atoms with Gasteiger partial charge in [-0.15, -0.1) is 24.2 Å². The molecule has 0 aliphatic rings. The summed E-state index contributed by atoms with van der Waals surface area (Å²) < 4.78 is 0.516. The van der Waals surface area contributed by atoms with E-state index in [0.717, 1.165) is 27.0 Å². The lowest BCUT2D eigenvalue weighted by Gasteiger charge is -2.23. The molecule has 0 atom stereocenters. The second-order valence-electron chi connectivity index (χ2n) is 5.81. The summed E-state index contributed by atoms with van der Waals surface area (Å²) in [5.41, 5.74) is 7.59. The first kappa shape index (κ1) is 20.9. The van der Waals surface area contributed by atoms with Crippen LogP contribution in [0.1, 0.15) is 19.4 Å². The van der Waals surface area contributed by atoms with E-state index in [2.05, 4.69) is 21.2 Å². The van der Waals surface area contributed by atoms with Crippen molar-refractivity contribution in [2.75, 3.05) is 12.3 Å². The van der Waals surface area contributed by atoms with Gasteiger partial charge in [-0.1, -0.05) is 28.1 Å². The van der Waals surface area contributed by atoms with E-state index in [-0.39, 0.29) is 18.3 Å². The van der Waals surface area contributed by atoms with Crippen LogP contribution < -0.4 is 11.1 Å². The largest absolute Gasteiger partial charge is 0.399 e. The summed E-state index contributed by atoms with van der Waals surface area (Å²) >= 11 is 4.98. The summed E-state index contributed by atoms with van der Waals surface area (Å²) in [4.78, 5) is 13.5. The molecular formula is C18H22BrClN2OS. The van der Waals surface area contributed by atoms with Crippen molar-refractivity contribution >= 4 is 51.7 Å². The molecule has 0 aliphatic heterocycles. The van der Waals surface area contributed by atoms with E-state index >= 15 is 0 Å². The van der Waals surface area contributed by atoms with E-state index in [1.165, 1.54) is 0 Å². The van der Waals surface area contributed by atoms with Gasteiger partial charge in [0.15, 0.2) is 0 Å². The fourth-order valence-corrected chi connectivity index (χ4v) is 3.35. The van der Waals surface area contributed by atoms with Crippen LogP contribution in [0.2, 0.25) is 0 Å². The lowest BCUT2D eigenvalue weighted by atomic mass is 10.1. The van der Waals surface area contributed by atoms with Crippen LogP contribution in [0.4, 0.5) is 5.69 Å². The van der Waals surface area contributed by atoms with Gasteiger partial charge < -0.3 is 11.1 Å².